The SMILES string of the molecule is CCCC(C)NC(=O)c1cnoc1. The van der Waals surface area contributed by atoms with E-state index in [2.05, 4.69) is 21.9 Å². The van der Waals surface area contributed by atoms with Gasteiger partial charge in [-0.25, -0.2) is 0 Å². The first-order chi connectivity index (χ1) is 6.24. The number of carbonyl (C=O) groups is 1. The Hall–Kier alpha value is -1.32. The monoisotopic (exact) mass is 182 g/mol. The lowest BCUT2D eigenvalue weighted by atomic mass is 10.2. The summed E-state index contributed by atoms with van der Waals surface area (Å²) in [7, 11) is 0. The van der Waals surface area contributed by atoms with Crippen molar-refractivity contribution in [2.24, 2.45) is 0 Å². The lowest BCUT2D eigenvalue weighted by molar-refractivity contribution is 0.0937. The second-order valence-corrected chi connectivity index (χ2v) is 3.08. The average Bonchev–Trinajstić information content (AvgIpc) is 2.55. The van der Waals surface area contributed by atoms with E-state index in [1.165, 1.54) is 12.5 Å². The van der Waals surface area contributed by atoms with Crippen LogP contribution in [0.25, 0.3) is 0 Å². The molecule has 1 amide bonds. The van der Waals surface area contributed by atoms with Crippen molar-refractivity contribution in [1.82, 2.24) is 10.5 Å². The zero-order valence-electron chi connectivity index (χ0n) is 7.91. The molecule has 0 aliphatic heterocycles. The van der Waals surface area contributed by atoms with Gasteiger partial charge >= 0.3 is 0 Å². The van der Waals surface area contributed by atoms with Crippen molar-refractivity contribution < 1.29 is 9.32 Å². The molecule has 0 aliphatic rings. The standard InChI is InChI=1S/C9H14N2O2/c1-3-4-7(2)11-9(12)8-5-10-13-6-8/h5-7H,3-4H2,1-2H3,(H,11,12). The topological polar surface area (TPSA) is 55.1 Å². The van der Waals surface area contributed by atoms with E-state index >= 15 is 0 Å². The summed E-state index contributed by atoms with van der Waals surface area (Å²) >= 11 is 0. The van der Waals surface area contributed by atoms with E-state index in [0.717, 1.165) is 12.8 Å². The van der Waals surface area contributed by atoms with Gasteiger partial charge in [-0.05, 0) is 13.3 Å². The van der Waals surface area contributed by atoms with Crippen LogP contribution in [0.15, 0.2) is 17.0 Å². The van der Waals surface area contributed by atoms with Crippen molar-refractivity contribution in [2.45, 2.75) is 32.7 Å². The first kappa shape index (κ1) is 9.77. The Morgan fingerprint density at radius 1 is 1.77 bits per heavy atom. The van der Waals surface area contributed by atoms with Gasteiger partial charge in [-0.2, -0.15) is 0 Å². The molecule has 1 unspecified atom stereocenters. The van der Waals surface area contributed by atoms with Crippen LogP contribution in [-0.4, -0.2) is 17.1 Å². The second-order valence-electron chi connectivity index (χ2n) is 3.08. The molecule has 0 aliphatic carbocycles. The molecule has 1 heterocycles. The zero-order chi connectivity index (χ0) is 9.68. The van der Waals surface area contributed by atoms with E-state index in [1.807, 2.05) is 6.92 Å². The molecule has 72 valence electrons. The lowest BCUT2D eigenvalue weighted by Gasteiger charge is -2.10. The fourth-order valence-electron chi connectivity index (χ4n) is 1.13. The maximum absolute atomic E-state index is 11.4. The molecule has 0 saturated heterocycles. The van der Waals surface area contributed by atoms with Gasteiger partial charge in [0.2, 0.25) is 0 Å². The third-order valence-corrected chi connectivity index (χ3v) is 1.79. The van der Waals surface area contributed by atoms with E-state index in [4.69, 9.17) is 0 Å². The quantitative estimate of drug-likeness (QED) is 0.769. The Bertz CT molecular complexity index is 257. The molecule has 1 aromatic rings. The number of nitrogens with one attached hydrogen (secondary N) is 1. The second kappa shape index (κ2) is 4.64. The van der Waals surface area contributed by atoms with Crippen LogP contribution in [-0.2, 0) is 0 Å². The highest BCUT2D eigenvalue weighted by molar-refractivity contribution is 5.93. The largest absolute Gasteiger partial charge is 0.364 e. The smallest absolute Gasteiger partial charge is 0.256 e. The van der Waals surface area contributed by atoms with E-state index in [-0.39, 0.29) is 11.9 Å². The van der Waals surface area contributed by atoms with Gasteiger partial charge in [0.25, 0.3) is 5.91 Å². The Balaban J connectivity index is 2.42. The molecular weight excluding hydrogens is 168 g/mol. The summed E-state index contributed by atoms with van der Waals surface area (Å²) in [5.41, 5.74) is 0.475. The summed E-state index contributed by atoms with van der Waals surface area (Å²) in [6.45, 7) is 4.07. The van der Waals surface area contributed by atoms with Crippen LogP contribution in [0.2, 0.25) is 0 Å². The van der Waals surface area contributed by atoms with Gasteiger partial charge in [0, 0.05) is 6.04 Å². The van der Waals surface area contributed by atoms with Gasteiger partial charge in [0.15, 0.2) is 0 Å². The highest BCUT2D eigenvalue weighted by Crippen LogP contribution is 1.99. The lowest BCUT2D eigenvalue weighted by Crippen LogP contribution is -2.32. The molecule has 13 heavy (non-hydrogen) atoms. The number of hydrogen-bond acceptors (Lipinski definition) is 3. The highest BCUT2D eigenvalue weighted by Gasteiger charge is 2.10. The fourth-order valence-corrected chi connectivity index (χ4v) is 1.13. The number of rotatable bonds is 4. The van der Waals surface area contributed by atoms with Crippen LogP contribution in [0.3, 0.4) is 0 Å². The molecule has 1 atom stereocenters. The van der Waals surface area contributed by atoms with Gasteiger partial charge in [-0.15, -0.1) is 0 Å². The number of nitrogens with zero attached hydrogens (tertiary/aromatic N) is 1. The molecule has 0 bridgehead atoms. The number of hydrogen-bond donors (Lipinski definition) is 1. The van der Waals surface area contributed by atoms with Crippen molar-refractivity contribution >= 4 is 5.91 Å². The van der Waals surface area contributed by atoms with Gasteiger partial charge in [-0.3, -0.25) is 4.79 Å². The molecule has 4 nitrogen and oxygen atoms in total. The predicted molar refractivity (Wildman–Crippen MR) is 48.3 cm³/mol. The van der Waals surface area contributed by atoms with E-state index in [1.54, 1.807) is 0 Å². The minimum atomic E-state index is -0.123. The van der Waals surface area contributed by atoms with Gasteiger partial charge in [-0.1, -0.05) is 18.5 Å². The summed E-state index contributed by atoms with van der Waals surface area (Å²) in [4.78, 5) is 11.4. The maximum Gasteiger partial charge on any atom is 0.256 e. The third-order valence-electron chi connectivity index (χ3n) is 1.79. The molecule has 0 spiro atoms. The Labute approximate surface area is 77.3 Å². The number of amides is 1. The number of carbonyl (C=O) groups excluding carboxylic acids is 1. The summed E-state index contributed by atoms with van der Waals surface area (Å²) in [6, 6.07) is 0.201. The first-order valence-electron chi connectivity index (χ1n) is 4.44. The average molecular weight is 182 g/mol. The van der Waals surface area contributed by atoms with Crippen molar-refractivity contribution in [3.05, 3.63) is 18.0 Å². The van der Waals surface area contributed by atoms with Crippen LogP contribution in [0.5, 0.6) is 0 Å². The van der Waals surface area contributed by atoms with Gasteiger partial charge < -0.3 is 9.84 Å². The normalized spacial score (nSPS) is 12.5. The van der Waals surface area contributed by atoms with E-state index < -0.39 is 0 Å². The number of aromatic nitrogens is 1. The summed E-state index contributed by atoms with van der Waals surface area (Å²) in [5.74, 6) is -0.123. The van der Waals surface area contributed by atoms with Crippen molar-refractivity contribution in [3.8, 4) is 0 Å². The van der Waals surface area contributed by atoms with Crippen molar-refractivity contribution in [2.75, 3.05) is 0 Å². The summed E-state index contributed by atoms with van der Waals surface area (Å²) < 4.78 is 4.57. The van der Waals surface area contributed by atoms with Crippen LogP contribution < -0.4 is 5.32 Å². The Morgan fingerprint density at radius 2 is 2.54 bits per heavy atom. The highest BCUT2D eigenvalue weighted by atomic mass is 16.5. The molecule has 0 radical (unpaired) electrons. The Morgan fingerprint density at radius 3 is 3.08 bits per heavy atom. The molecule has 0 fully saturated rings. The molecule has 0 aromatic carbocycles. The van der Waals surface area contributed by atoms with Crippen molar-refractivity contribution in [3.63, 3.8) is 0 Å². The molecule has 1 N–H and O–H groups in total. The third kappa shape index (κ3) is 2.89. The molecule has 0 saturated carbocycles. The summed E-state index contributed by atoms with van der Waals surface area (Å²) in [6.07, 6.45) is 4.80. The van der Waals surface area contributed by atoms with Crippen LogP contribution in [0.4, 0.5) is 0 Å². The molecule has 1 rings (SSSR count). The molecular formula is C9H14N2O2. The van der Waals surface area contributed by atoms with E-state index in [9.17, 15) is 4.79 Å². The summed E-state index contributed by atoms with van der Waals surface area (Å²) in [5, 5.41) is 6.30. The first-order valence-corrected chi connectivity index (χ1v) is 4.44. The minimum absolute atomic E-state index is 0.123. The van der Waals surface area contributed by atoms with Crippen LogP contribution >= 0.6 is 0 Å². The Kier molecular flexibility index (Phi) is 3.49. The van der Waals surface area contributed by atoms with E-state index in [0.29, 0.717) is 5.56 Å². The van der Waals surface area contributed by atoms with Crippen LogP contribution in [0, 0.1) is 0 Å². The van der Waals surface area contributed by atoms with Gasteiger partial charge in [0.1, 0.15) is 6.26 Å². The zero-order valence-corrected chi connectivity index (χ0v) is 7.91. The molecule has 4 heteroatoms. The van der Waals surface area contributed by atoms with Crippen LogP contribution in [0.1, 0.15) is 37.0 Å². The van der Waals surface area contributed by atoms with Gasteiger partial charge in [0.05, 0.1) is 11.8 Å². The predicted octanol–water partition coefficient (Wildman–Crippen LogP) is 1.59. The maximum atomic E-state index is 11.4. The molecule has 1 aromatic heterocycles. The minimum Gasteiger partial charge on any atom is -0.364 e. The fraction of sp³-hybridized carbons (Fsp3) is 0.556. The van der Waals surface area contributed by atoms with Crippen molar-refractivity contribution in [1.29, 1.82) is 0 Å².